The van der Waals surface area contributed by atoms with E-state index in [-0.39, 0.29) is 18.9 Å². The standard InChI is InChI=1S/C20H19N3O2/c1-15-9-16(2)11-18(10-15)23(8-4-7-21)20(24)14-25-19-6-3-5-17(12-19)13-22/h3,5-6,9-12H,4,8,14H2,1-2H3. The summed E-state index contributed by atoms with van der Waals surface area (Å²) in [4.78, 5) is 14.2. The molecular weight excluding hydrogens is 314 g/mol. The van der Waals surface area contributed by atoms with Gasteiger partial charge in [0.1, 0.15) is 5.75 Å². The van der Waals surface area contributed by atoms with Gasteiger partial charge in [-0.2, -0.15) is 10.5 Å². The number of nitriles is 2. The molecule has 0 atom stereocenters. The molecule has 0 fully saturated rings. The predicted octanol–water partition coefficient (Wildman–Crippen LogP) is 3.50. The fourth-order valence-corrected chi connectivity index (χ4v) is 2.54. The molecule has 25 heavy (non-hydrogen) atoms. The van der Waals surface area contributed by atoms with Crippen molar-refractivity contribution in [3.63, 3.8) is 0 Å². The molecule has 0 unspecified atom stereocenters. The van der Waals surface area contributed by atoms with Crippen LogP contribution in [0.3, 0.4) is 0 Å². The van der Waals surface area contributed by atoms with Crippen LogP contribution in [0.25, 0.3) is 0 Å². The molecule has 0 saturated heterocycles. The van der Waals surface area contributed by atoms with Crippen molar-refractivity contribution in [2.24, 2.45) is 0 Å². The molecule has 5 heteroatoms. The molecule has 0 radical (unpaired) electrons. The average Bonchev–Trinajstić information content (AvgIpc) is 2.59. The van der Waals surface area contributed by atoms with Gasteiger partial charge < -0.3 is 9.64 Å². The maximum Gasteiger partial charge on any atom is 0.264 e. The van der Waals surface area contributed by atoms with Crippen LogP contribution in [-0.2, 0) is 4.79 Å². The summed E-state index contributed by atoms with van der Waals surface area (Å²) in [7, 11) is 0. The van der Waals surface area contributed by atoms with Crippen molar-refractivity contribution >= 4 is 11.6 Å². The van der Waals surface area contributed by atoms with E-state index < -0.39 is 0 Å². The molecule has 0 heterocycles. The van der Waals surface area contributed by atoms with Gasteiger partial charge in [0.2, 0.25) is 0 Å². The highest BCUT2D eigenvalue weighted by Crippen LogP contribution is 2.20. The summed E-state index contributed by atoms with van der Waals surface area (Å²) in [6.45, 7) is 4.08. The van der Waals surface area contributed by atoms with Gasteiger partial charge >= 0.3 is 0 Å². The number of aryl methyl sites for hydroxylation is 2. The third-order valence-electron chi connectivity index (χ3n) is 3.59. The first-order valence-corrected chi connectivity index (χ1v) is 7.92. The second-order valence-corrected chi connectivity index (χ2v) is 5.73. The lowest BCUT2D eigenvalue weighted by molar-refractivity contribution is -0.120. The average molecular weight is 333 g/mol. The third kappa shape index (κ3) is 5.09. The van der Waals surface area contributed by atoms with E-state index >= 15 is 0 Å². The lowest BCUT2D eigenvalue weighted by Crippen LogP contribution is -2.35. The first kappa shape index (κ1) is 18.0. The Morgan fingerprint density at radius 3 is 2.48 bits per heavy atom. The molecule has 1 amide bonds. The van der Waals surface area contributed by atoms with Gasteiger partial charge in [0.05, 0.1) is 24.1 Å². The Labute approximate surface area is 147 Å². The van der Waals surface area contributed by atoms with E-state index in [2.05, 4.69) is 6.07 Å². The molecule has 2 aromatic carbocycles. The minimum Gasteiger partial charge on any atom is -0.484 e. The second-order valence-electron chi connectivity index (χ2n) is 5.73. The monoisotopic (exact) mass is 333 g/mol. The van der Waals surface area contributed by atoms with Gasteiger partial charge in [-0.3, -0.25) is 4.79 Å². The zero-order valence-corrected chi connectivity index (χ0v) is 14.3. The van der Waals surface area contributed by atoms with E-state index in [1.807, 2.05) is 38.1 Å². The van der Waals surface area contributed by atoms with Crippen LogP contribution < -0.4 is 9.64 Å². The largest absolute Gasteiger partial charge is 0.484 e. The number of anilines is 1. The van der Waals surface area contributed by atoms with E-state index in [1.54, 1.807) is 29.2 Å². The van der Waals surface area contributed by atoms with Crippen molar-refractivity contribution in [3.8, 4) is 17.9 Å². The summed E-state index contributed by atoms with van der Waals surface area (Å²) >= 11 is 0. The second kappa shape index (κ2) is 8.52. The van der Waals surface area contributed by atoms with E-state index in [1.165, 1.54) is 0 Å². The SMILES string of the molecule is Cc1cc(C)cc(N(CCC#N)C(=O)COc2cccc(C#N)c2)c1. The summed E-state index contributed by atoms with van der Waals surface area (Å²) in [5.74, 6) is 0.232. The van der Waals surface area contributed by atoms with E-state index in [9.17, 15) is 4.79 Å². The summed E-state index contributed by atoms with van der Waals surface area (Å²) < 4.78 is 5.53. The third-order valence-corrected chi connectivity index (χ3v) is 3.59. The van der Waals surface area contributed by atoms with Crippen LogP contribution in [0, 0.1) is 36.5 Å². The number of benzene rings is 2. The number of hydrogen-bond acceptors (Lipinski definition) is 4. The Balaban J connectivity index is 2.15. The Morgan fingerprint density at radius 1 is 1.12 bits per heavy atom. The molecule has 0 N–H and O–H groups in total. The number of carbonyl (C=O) groups excluding carboxylic acids is 1. The molecule has 2 aromatic rings. The van der Waals surface area contributed by atoms with E-state index in [0.717, 1.165) is 16.8 Å². The Hall–Kier alpha value is -3.31. The summed E-state index contributed by atoms with van der Waals surface area (Å²) in [6, 6.07) is 16.6. The first-order chi connectivity index (χ1) is 12.0. The van der Waals surface area contributed by atoms with Crippen LogP contribution in [0.4, 0.5) is 5.69 Å². The van der Waals surface area contributed by atoms with Gasteiger partial charge in [0.15, 0.2) is 6.61 Å². The molecule has 5 nitrogen and oxygen atoms in total. The minimum atomic E-state index is -0.234. The van der Waals surface area contributed by atoms with E-state index in [4.69, 9.17) is 15.3 Å². The first-order valence-electron chi connectivity index (χ1n) is 7.92. The summed E-state index contributed by atoms with van der Waals surface area (Å²) in [5.41, 5.74) is 3.33. The zero-order valence-electron chi connectivity index (χ0n) is 14.3. The highest BCUT2D eigenvalue weighted by molar-refractivity contribution is 5.94. The van der Waals surface area contributed by atoms with Crippen molar-refractivity contribution in [1.29, 1.82) is 10.5 Å². The number of ether oxygens (including phenoxy) is 1. The van der Waals surface area contributed by atoms with Crippen LogP contribution in [-0.4, -0.2) is 19.1 Å². The number of hydrogen-bond donors (Lipinski definition) is 0. The quantitative estimate of drug-likeness (QED) is 0.810. The molecular formula is C20H19N3O2. The van der Waals surface area contributed by atoms with E-state index in [0.29, 0.717) is 17.9 Å². The van der Waals surface area contributed by atoms with Crippen LogP contribution in [0.2, 0.25) is 0 Å². The van der Waals surface area contributed by atoms with Gasteiger partial charge in [0.25, 0.3) is 5.91 Å². The molecule has 0 aliphatic carbocycles. The summed E-state index contributed by atoms with van der Waals surface area (Å²) in [6.07, 6.45) is 0.239. The zero-order chi connectivity index (χ0) is 18.2. The van der Waals surface area contributed by atoms with Crippen molar-refractivity contribution in [2.75, 3.05) is 18.1 Å². The predicted molar refractivity (Wildman–Crippen MR) is 95.2 cm³/mol. The van der Waals surface area contributed by atoms with Gasteiger partial charge in [-0.15, -0.1) is 0 Å². The van der Waals surface area contributed by atoms with Crippen LogP contribution in [0.1, 0.15) is 23.1 Å². The lowest BCUT2D eigenvalue weighted by Gasteiger charge is -2.23. The molecule has 0 aromatic heterocycles. The topological polar surface area (TPSA) is 77.1 Å². The van der Waals surface area contributed by atoms with Crippen LogP contribution >= 0.6 is 0 Å². The number of rotatable bonds is 6. The Morgan fingerprint density at radius 2 is 1.84 bits per heavy atom. The fraction of sp³-hybridized carbons (Fsp3) is 0.250. The van der Waals surface area contributed by atoms with Crippen molar-refractivity contribution < 1.29 is 9.53 Å². The molecule has 126 valence electrons. The van der Waals surface area contributed by atoms with Crippen LogP contribution in [0.15, 0.2) is 42.5 Å². The van der Waals surface area contributed by atoms with Gasteiger partial charge in [0, 0.05) is 12.2 Å². The van der Waals surface area contributed by atoms with Crippen molar-refractivity contribution in [2.45, 2.75) is 20.3 Å². The lowest BCUT2D eigenvalue weighted by atomic mass is 10.1. The van der Waals surface area contributed by atoms with Crippen LogP contribution in [0.5, 0.6) is 5.75 Å². The Kier molecular flexibility index (Phi) is 6.14. The minimum absolute atomic E-state index is 0.159. The highest BCUT2D eigenvalue weighted by atomic mass is 16.5. The summed E-state index contributed by atoms with van der Waals surface area (Å²) in [5, 5.41) is 17.8. The molecule has 0 aliphatic rings. The van der Waals surface area contributed by atoms with Gasteiger partial charge in [-0.25, -0.2) is 0 Å². The maximum atomic E-state index is 12.6. The molecule has 0 saturated carbocycles. The van der Waals surface area contributed by atoms with Crippen molar-refractivity contribution in [1.82, 2.24) is 0 Å². The molecule has 0 bridgehead atoms. The molecule has 0 aliphatic heterocycles. The van der Waals surface area contributed by atoms with Gasteiger partial charge in [-0.05, 0) is 55.3 Å². The number of amides is 1. The normalized spacial score (nSPS) is 9.76. The van der Waals surface area contributed by atoms with Gasteiger partial charge in [-0.1, -0.05) is 12.1 Å². The number of nitrogens with zero attached hydrogens (tertiary/aromatic N) is 3. The van der Waals surface area contributed by atoms with Crippen molar-refractivity contribution in [3.05, 3.63) is 59.2 Å². The molecule has 0 spiro atoms. The Bertz CT molecular complexity index is 827. The number of carbonyl (C=O) groups is 1. The fourth-order valence-electron chi connectivity index (χ4n) is 2.54. The smallest absolute Gasteiger partial charge is 0.264 e. The highest BCUT2D eigenvalue weighted by Gasteiger charge is 2.17. The molecule has 2 rings (SSSR count). The maximum absolute atomic E-state index is 12.6.